The number of nitrogens with one attached hydrogen (secondary N) is 2. The average Bonchev–Trinajstić information content (AvgIpc) is 2.52. The standard InChI is InChI=1S/C14H30N2O4.C2H6/c1-13(2)20-8-4-5-14(17)16-7-10-19-12-11-18-9-6-15-3;1-2/h13,15H,4-12H2,1-3H3,(H,16,17);1-2H3. The van der Waals surface area contributed by atoms with Crippen LogP contribution in [0.1, 0.15) is 40.5 Å². The van der Waals surface area contributed by atoms with Crippen molar-refractivity contribution >= 4 is 5.91 Å². The van der Waals surface area contributed by atoms with Crippen molar-refractivity contribution in [3.05, 3.63) is 0 Å². The molecule has 0 aromatic carbocycles. The summed E-state index contributed by atoms with van der Waals surface area (Å²) in [6.07, 6.45) is 1.48. The molecule has 0 aromatic heterocycles. The van der Waals surface area contributed by atoms with E-state index < -0.39 is 0 Å². The number of carbonyl (C=O) groups excluding carboxylic acids is 1. The highest BCUT2D eigenvalue weighted by Crippen LogP contribution is 1.94. The van der Waals surface area contributed by atoms with E-state index in [2.05, 4.69) is 10.6 Å². The van der Waals surface area contributed by atoms with Crippen molar-refractivity contribution in [2.24, 2.45) is 0 Å². The number of likely N-dealkylation sites (N-methyl/N-ethyl adjacent to an activating group) is 1. The maximum Gasteiger partial charge on any atom is 0.220 e. The number of hydrogen-bond acceptors (Lipinski definition) is 5. The first-order valence-corrected chi connectivity index (χ1v) is 8.35. The van der Waals surface area contributed by atoms with Gasteiger partial charge in [0, 0.05) is 26.1 Å². The molecular weight excluding hydrogens is 284 g/mol. The highest BCUT2D eigenvalue weighted by Gasteiger charge is 2.01. The van der Waals surface area contributed by atoms with Gasteiger partial charge >= 0.3 is 0 Å². The molecule has 0 fully saturated rings. The largest absolute Gasteiger partial charge is 0.379 e. The summed E-state index contributed by atoms with van der Waals surface area (Å²) in [4.78, 5) is 11.4. The Kier molecular flexibility index (Phi) is 21.8. The first kappa shape index (κ1) is 23.6. The van der Waals surface area contributed by atoms with E-state index in [-0.39, 0.29) is 12.0 Å². The molecule has 0 rings (SSSR count). The van der Waals surface area contributed by atoms with Crippen LogP contribution in [0.3, 0.4) is 0 Å². The fourth-order valence-corrected chi connectivity index (χ4v) is 1.40. The lowest BCUT2D eigenvalue weighted by Gasteiger charge is -2.08. The molecule has 1 amide bonds. The Hall–Kier alpha value is -0.690. The molecule has 0 spiro atoms. The van der Waals surface area contributed by atoms with Crippen molar-refractivity contribution < 1.29 is 19.0 Å². The van der Waals surface area contributed by atoms with Crippen molar-refractivity contribution in [1.82, 2.24) is 10.6 Å². The zero-order chi connectivity index (χ0) is 17.1. The topological polar surface area (TPSA) is 68.8 Å². The van der Waals surface area contributed by atoms with Gasteiger partial charge in [0.2, 0.25) is 5.91 Å². The fourth-order valence-electron chi connectivity index (χ4n) is 1.40. The lowest BCUT2D eigenvalue weighted by molar-refractivity contribution is -0.121. The molecule has 0 saturated carbocycles. The lowest BCUT2D eigenvalue weighted by Crippen LogP contribution is -2.27. The van der Waals surface area contributed by atoms with Crippen LogP contribution in [0.4, 0.5) is 0 Å². The predicted molar refractivity (Wildman–Crippen MR) is 90.2 cm³/mol. The third-order valence-corrected chi connectivity index (χ3v) is 2.44. The Labute approximate surface area is 136 Å². The van der Waals surface area contributed by atoms with Gasteiger partial charge in [0.05, 0.1) is 32.5 Å². The van der Waals surface area contributed by atoms with Gasteiger partial charge < -0.3 is 24.8 Å². The third-order valence-electron chi connectivity index (χ3n) is 2.44. The summed E-state index contributed by atoms with van der Waals surface area (Å²) >= 11 is 0. The molecule has 134 valence electrons. The molecule has 0 unspecified atom stereocenters. The summed E-state index contributed by atoms with van der Waals surface area (Å²) in [5.74, 6) is 0.0474. The van der Waals surface area contributed by atoms with Gasteiger partial charge in [0.25, 0.3) is 0 Å². The molecule has 0 aliphatic rings. The van der Waals surface area contributed by atoms with Gasteiger partial charge in [-0.2, -0.15) is 0 Å². The second kappa shape index (κ2) is 20.3. The SMILES string of the molecule is CC.CNCCOCCOCCNC(=O)CCCOC(C)C. The number of hydrogen-bond donors (Lipinski definition) is 2. The molecule has 0 aliphatic carbocycles. The number of amides is 1. The number of carbonyl (C=O) groups is 1. The molecule has 0 aromatic rings. The molecule has 0 radical (unpaired) electrons. The van der Waals surface area contributed by atoms with Crippen molar-refractivity contribution in [2.75, 3.05) is 53.2 Å². The smallest absolute Gasteiger partial charge is 0.220 e. The Bertz CT molecular complexity index is 226. The summed E-state index contributed by atoms with van der Waals surface area (Å²) in [5.41, 5.74) is 0. The van der Waals surface area contributed by atoms with E-state index in [1.807, 2.05) is 34.7 Å². The zero-order valence-corrected chi connectivity index (χ0v) is 15.1. The summed E-state index contributed by atoms with van der Waals surface area (Å²) in [5, 5.41) is 5.81. The average molecular weight is 320 g/mol. The van der Waals surface area contributed by atoms with Crippen LogP contribution in [-0.4, -0.2) is 65.2 Å². The molecule has 22 heavy (non-hydrogen) atoms. The van der Waals surface area contributed by atoms with Crippen LogP contribution < -0.4 is 10.6 Å². The first-order valence-electron chi connectivity index (χ1n) is 8.35. The monoisotopic (exact) mass is 320 g/mol. The van der Waals surface area contributed by atoms with Crippen molar-refractivity contribution in [3.8, 4) is 0 Å². The minimum Gasteiger partial charge on any atom is -0.379 e. The molecule has 0 heterocycles. The van der Waals surface area contributed by atoms with Gasteiger partial charge in [-0.1, -0.05) is 13.8 Å². The molecule has 0 aliphatic heterocycles. The van der Waals surface area contributed by atoms with Gasteiger partial charge in [-0.05, 0) is 27.3 Å². The molecular formula is C16H36N2O4. The van der Waals surface area contributed by atoms with E-state index in [0.717, 1.165) is 13.0 Å². The van der Waals surface area contributed by atoms with E-state index in [0.29, 0.717) is 46.0 Å². The Morgan fingerprint density at radius 1 is 0.955 bits per heavy atom. The van der Waals surface area contributed by atoms with Gasteiger partial charge in [-0.25, -0.2) is 0 Å². The Balaban J connectivity index is 0. The van der Waals surface area contributed by atoms with E-state index >= 15 is 0 Å². The quantitative estimate of drug-likeness (QED) is 0.476. The summed E-state index contributed by atoms with van der Waals surface area (Å²) in [6, 6.07) is 0. The van der Waals surface area contributed by atoms with Crippen LogP contribution in [-0.2, 0) is 19.0 Å². The highest BCUT2D eigenvalue weighted by molar-refractivity contribution is 5.75. The lowest BCUT2D eigenvalue weighted by atomic mass is 10.3. The van der Waals surface area contributed by atoms with Gasteiger partial charge in [0.15, 0.2) is 0 Å². The normalized spacial score (nSPS) is 10.3. The summed E-state index contributed by atoms with van der Waals surface area (Å²) in [7, 11) is 1.89. The molecule has 2 N–H and O–H groups in total. The molecule has 0 saturated heterocycles. The third kappa shape index (κ3) is 21.6. The fraction of sp³-hybridized carbons (Fsp3) is 0.938. The Morgan fingerprint density at radius 3 is 2.09 bits per heavy atom. The van der Waals surface area contributed by atoms with Crippen LogP contribution in [0.25, 0.3) is 0 Å². The summed E-state index contributed by atoms with van der Waals surface area (Å²) < 4.78 is 16.0. The van der Waals surface area contributed by atoms with Crippen molar-refractivity contribution in [3.63, 3.8) is 0 Å². The van der Waals surface area contributed by atoms with Gasteiger partial charge in [0.1, 0.15) is 0 Å². The van der Waals surface area contributed by atoms with Crippen LogP contribution in [0.5, 0.6) is 0 Å². The van der Waals surface area contributed by atoms with E-state index in [4.69, 9.17) is 14.2 Å². The second-order valence-corrected chi connectivity index (χ2v) is 4.70. The van der Waals surface area contributed by atoms with Crippen molar-refractivity contribution in [2.45, 2.75) is 46.6 Å². The second-order valence-electron chi connectivity index (χ2n) is 4.70. The molecule has 0 bridgehead atoms. The first-order chi connectivity index (χ1) is 10.7. The summed E-state index contributed by atoms with van der Waals surface area (Å²) in [6.45, 7) is 12.3. The number of ether oxygens (including phenoxy) is 3. The number of rotatable bonds is 14. The van der Waals surface area contributed by atoms with Gasteiger partial charge in [-0.3, -0.25) is 4.79 Å². The van der Waals surface area contributed by atoms with Crippen LogP contribution in [0.2, 0.25) is 0 Å². The maximum absolute atomic E-state index is 11.4. The van der Waals surface area contributed by atoms with E-state index in [1.54, 1.807) is 0 Å². The molecule has 6 heteroatoms. The molecule has 6 nitrogen and oxygen atoms in total. The minimum absolute atomic E-state index is 0.0474. The maximum atomic E-state index is 11.4. The molecule has 0 atom stereocenters. The highest BCUT2D eigenvalue weighted by atomic mass is 16.5. The van der Waals surface area contributed by atoms with E-state index in [9.17, 15) is 4.79 Å². The van der Waals surface area contributed by atoms with Gasteiger partial charge in [-0.15, -0.1) is 0 Å². The van der Waals surface area contributed by atoms with Crippen LogP contribution in [0.15, 0.2) is 0 Å². The van der Waals surface area contributed by atoms with Crippen LogP contribution in [0, 0.1) is 0 Å². The van der Waals surface area contributed by atoms with Crippen molar-refractivity contribution in [1.29, 1.82) is 0 Å². The Morgan fingerprint density at radius 2 is 1.55 bits per heavy atom. The zero-order valence-electron chi connectivity index (χ0n) is 15.1. The predicted octanol–water partition coefficient (Wildman–Crippen LogP) is 1.59. The van der Waals surface area contributed by atoms with Crippen LogP contribution >= 0.6 is 0 Å². The minimum atomic E-state index is 0.0474. The van der Waals surface area contributed by atoms with E-state index in [1.165, 1.54) is 0 Å².